The quantitative estimate of drug-likeness (QED) is 0.622. The van der Waals surface area contributed by atoms with Crippen LogP contribution in [-0.2, 0) is 4.79 Å². The predicted molar refractivity (Wildman–Crippen MR) is 37.6 cm³/mol. The van der Waals surface area contributed by atoms with Crippen molar-refractivity contribution in [2.45, 2.75) is 38.5 Å². The fourth-order valence-electron chi connectivity index (χ4n) is 1.14. The molecule has 11 heavy (non-hydrogen) atoms. The number of hydrogen-bond donors (Lipinski definition) is 0. The van der Waals surface area contributed by atoms with E-state index in [2.05, 4.69) is 0 Å². The van der Waals surface area contributed by atoms with Gasteiger partial charge in [0.2, 0.25) is 5.78 Å². The second kappa shape index (κ2) is 2.88. The Bertz CT molecular complexity index is 156. The van der Waals surface area contributed by atoms with Gasteiger partial charge in [0.1, 0.15) is 0 Å². The molecule has 1 rings (SSSR count). The lowest BCUT2D eigenvalue weighted by Gasteiger charge is -2.25. The van der Waals surface area contributed by atoms with Crippen LogP contribution in [0.5, 0.6) is 0 Å². The molecule has 3 heteroatoms. The topological polar surface area (TPSA) is 17.1 Å². The molecule has 0 heterocycles. The largest absolute Gasteiger partial charge is 0.302 e. The summed E-state index contributed by atoms with van der Waals surface area (Å²) in [5.74, 6) is -3.77. The van der Waals surface area contributed by atoms with Crippen LogP contribution in [0.3, 0.4) is 0 Å². The van der Waals surface area contributed by atoms with E-state index in [1.165, 1.54) is 0 Å². The summed E-state index contributed by atoms with van der Waals surface area (Å²) in [6.45, 7) is 0.675. The lowest BCUT2D eigenvalue weighted by atomic mass is 9.81. The molecule has 64 valence electrons. The summed E-state index contributed by atoms with van der Waals surface area (Å²) in [4.78, 5) is 10.7. The van der Waals surface area contributed by atoms with Gasteiger partial charge in [-0.2, -0.15) is 8.78 Å². The predicted octanol–water partition coefficient (Wildman–Crippen LogP) is 2.40. The lowest BCUT2D eigenvalue weighted by Crippen LogP contribution is -2.28. The van der Waals surface area contributed by atoms with Crippen LogP contribution < -0.4 is 0 Å². The van der Waals surface area contributed by atoms with Gasteiger partial charge in [0.05, 0.1) is 0 Å². The highest BCUT2D eigenvalue weighted by atomic mass is 19.3. The molecule has 1 fully saturated rings. The summed E-state index contributed by atoms with van der Waals surface area (Å²) in [5, 5.41) is 0. The van der Waals surface area contributed by atoms with Crippen LogP contribution in [0.15, 0.2) is 0 Å². The van der Waals surface area contributed by atoms with Crippen LogP contribution in [0.25, 0.3) is 0 Å². The van der Waals surface area contributed by atoms with E-state index in [1.54, 1.807) is 0 Å². The SMILES string of the molecule is CC(F)(F)C(=O)CC1CCC1. The molecule has 0 aromatic carbocycles. The molecule has 1 aliphatic rings. The number of alkyl halides is 2. The summed E-state index contributed by atoms with van der Waals surface area (Å²) in [5.41, 5.74) is 0. The molecule has 0 bridgehead atoms. The Morgan fingerprint density at radius 2 is 2.09 bits per heavy atom. The number of ketones is 1. The van der Waals surface area contributed by atoms with Gasteiger partial charge in [0.25, 0.3) is 0 Å². The average Bonchev–Trinajstić information content (AvgIpc) is 1.75. The van der Waals surface area contributed by atoms with Crippen molar-refractivity contribution in [1.82, 2.24) is 0 Å². The smallest absolute Gasteiger partial charge is 0.293 e. The van der Waals surface area contributed by atoms with E-state index in [4.69, 9.17) is 0 Å². The maximum Gasteiger partial charge on any atom is 0.302 e. The number of hydrogen-bond acceptors (Lipinski definition) is 1. The fourth-order valence-corrected chi connectivity index (χ4v) is 1.14. The minimum absolute atomic E-state index is 0.0729. The van der Waals surface area contributed by atoms with Gasteiger partial charge < -0.3 is 0 Å². The van der Waals surface area contributed by atoms with Crippen LogP contribution in [0.1, 0.15) is 32.6 Å². The van der Waals surface area contributed by atoms with Gasteiger partial charge in [0, 0.05) is 13.3 Å². The fraction of sp³-hybridized carbons (Fsp3) is 0.875. The molecule has 0 radical (unpaired) electrons. The van der Waals surface area contributed by atoms with Crippen molar-refractivity contribution in [3.05, 3.63) is 0 Å². The molecule has 0 aliphatic heterocycles. The number of carbonyl (C=O) groups is 1. The molecule has 1 saturated carbocycles. The molecule has 0 unspecified atom stereocenters. The van der Waals surface area contributed by atoms with Crippen molar-refractivity contribution in [3.8, 4) is 0 Å². The Balaban J connectivity index is 2.30. The Hall–Kier alpha value is -0.470. The molecule has 0 aromatic heterocycles. The van der Waals surface area contributed by atoms with Crippen molar-refractivity contribution in [1.29, 1.82) is 0 Å². The van der Waals surface area contributed by atoms with Crippen molar-refractivity contribution < 1.29 is 13.6 Å². The normalized spacial score (nSPS) is 19.5. The number of Topliss-reactive ketones (excluding diaryl/α,β-unsaturated/α-hetero) is 1. The first-order valence-corrected chi connectivity index (χ1v) is 3.91. The van der Waals surface area contributed by atoms with Gasteiger partial charge in [0.15, 0.2) is 0 Å². The number of halogens is 2. The van der Waals surface area contributed by atoms with E-state index in [0.29, 0.717) is 6.92 Å². The molecule has 0 spiro atoms. The Kier molecular flexibility index (Phi) is 2.25. The molecule has 0 atom stereocenters. The molecule has 1 aliphatic carbocycles. The standard InChI is InChI=1S/C8H12F2O/c1-8(9,10)7(11)5-6-3-2-4-6/h6H,2-5H2,1H3. The maximum atomic E-state index is 12.3. The monoisotopic (exact) mass is 162 g/mol. The zero-order chi connectivity index (χ0) is 8.48. The lowest BCUT2D eigenvalue weighted by molar-refractivity contribution is -0.142. The molecular weight excluding hydrogens is 150 g/mol. The number of rotatable bonds is 3. The molecular formula is C8H12F2O. The molecule has 1 nitrogen and oxygen atoms in total. The minimum Gasteiger partial charge on any atom is -0.293 e. The third-order valence-electron chi connectivity index (χ3n) is 2.19. The zero-order valence-electron chi connectivity index (χ0n) is 6.57. The second-order valence-corrected chi connectivity index (χ2v) is 3.31. The first-order chi connectivity index (χ1) is 5.00. The van der Waals surface area contributed by atoms with E-state index in [0.717, 1.165) is 19.3 Å². The van der Waals surface area contributed by atoms with Gasteiger partial charge in [-0.05, 0) is 5.92 Å². The van der Waals surface area contributed by atoms with Crippen LogP contribution in [0, 0.1) is 5.92 Å². The maximum absolute atomic E-state index is 12.3. The Morgan fingerprint density at radius 3 is 2.36 bits per heavy atom. The number of carbonyl (C=O) groups excluding carboxylic acids is 1. The zero-order valence-corrected chi connectivity index (χ0v) is 6.57. The van der Waals surface area contributed by atoms with Crippen LogP contribution >= 0.6 is 0 Å². The Morgan fingerprint density at radius 1 is 1.55 bits per heavy atom. The van der Waals surface area contributed by atoms with E-state index < -0.39 is 11.7 Å². The van der Waals surface area contributed by atoms with Crippen molar-refractivity contribution in [3.63, 3.8) is 0 Å². The molecule has 0 N–H and O–H groups in total. The van der Waals surface area contributed by atoms with Crippen molar-refractivity contribution >= 4 is 5.78 Å². The summed E-state index contributed by atoms with van der Waals surface area (Å²) in [6, 6.07) is 0. The van der Waals surface area contributed by atoms with Gasteiger partial charge in [-0.25, -0.2) is 0 Å². The third kappa shape index (κ3) is 2.24. The summed E-state index contributed by atoms with van der Waals surface area (Å²) in [6.07, 6.45) is 3.06. The summed E-state index contributed by atoms with van der Waals surface area (Å²) < 4.78 is 24.6. The van der Waals surface area contributed by atoms with Gasteiger partial charge in [-0.15, -0.1) is 0 Å². The second-order valence-electron chi connectivity index (χ2n) is 3.31. The van der Waals surface area contributed by atoms with Gasteiger partial charge in [-0.1, -0.05) is 19.3 Å². The minimum atomic E-state index is -3.12. The molecule has 0 aromatic rings. The third-order valence-corrected chi connectivity index (χ3v) is 2.19. The Labute approximate surface area is 64.8 Å². The summed E-state index contributed by atoms with van der Waals surface area (Å²) >= 11 is 0. The first-order valence-electron chi connectivity index (χ1n) is 3.91. The highest BCUT2D eigenvalue weighted by molar-refractivity contribution is 5.85. The van der Waals surface area contributed by atoms with E-state index in [9.17, 15) is 13.6 Å². The van der Waals surface area contributed by atoms with Crippen LogP contribution in [0.4, 0.5) is 8.78 Å². The first kappa shape index (κ1) is 8.62. The average molecular weight is 162 g/mol. The molecule has 0 saturated heterocycles. The van der Waals surface area contributed by atoms with Gasteiger partial charge >= 0.3 is 5.92 Å². The summed E-state index contributed by atoms with van der Waals surface area (Å²) in [7, 11) is 0. The van der Waals surface area contributed by atoms with Crippen LogP contribution in [-0.4, -0.2) is 11.7 Å². The van der Waals surface area contributed by atoms with E-state index >= 15 is 0 Å². The highest BCUT2D eigenvalue weighted by Gasteiger charge is 2.34. The van der Waals surface area contributed by atoms with Crippen LogP contribution in [0.2, 0.25) is 0 Å². The molecule has 0 amide bonds. The van der Waals surface area contributed by atoms with Crippen molar-refractivity contribution in [2.24, 2.45) is 5.92 Å². The van der Waals surface area contributed by atoms with Gasteiger partial charge in [-0.3, -0.25) is 4.79 Å². The van der Waals surface area contributed by atoms with Crippen molar-refractivity contribution in [2.75, 3.05) is 0 Å². The van der Waals surface area contributed by atoms with E-state index in [-0.39, 0.29) is 12.3 Å². The highest BCUT2D eigenvalue weighted by Crippen LogP contribution is 2.31. The van der Waals surface area contributed by atoms with E-state index in [1.807, 2.05) is 0 Å².